The minimum atomic E-state index is -0.567. The van der Waals surface area contributed by atoms with Gasteiger partial charge in [-0.25, -0.2) is 4.79 Å². The molecule has 0 saturated heterocycles. The maximum atomic E-state index is 11.9. The number of anilines is 1. The molecule has 0 bridgehead atoms. The van der Waals surface area contributed by atoms with Crippen LogP contribution in [0.25, 0.3) is 6.08 Å². The summed E-state index contributed by atoms with van der Waals surface area (Å²) in [6.45, 7) is 0. The van der Waals surface area contributed by atoms with E-state index in [9.17, 15) is 14.7 Å². The van der Waals surface area contributed by atoms with Crippen molar-refractivity contribution in [3.63, 3.8) is 0 Å². The number of carbonyl (C=O) groups is 2. The molecule has 2 aromatic rings. The molecule has 24 heavy (non-hydrogen) atoms. The van der Waals surface area contributed by atoms with Crippen LogP contribution in [0, 0.1) is 0 Å². The molecule has 6 nitrogen and oxygen atoms in total. The summed E-state index contributed by atoms with van der Waals surface area (Å²) in [7, 11) is 2.83. The summed E-state index contributed by atoms with van der Waals surface area (Å²) in [6.07, 6.45) is 2.98. The molecule has 0 aliphatic rings. The number of benzene rings is 2. The molecule has 0 spiro atoms. The Morgan fingerprint density at radius 3 is 2.38 bits per heavy atom. The number of phenols is 1. The second-order valence-electron chi connectivity index (χ2n) is 4.82. The van der Waals surface area contributed by atoms with E-state index in [1.807, 2.05) is 12.1 Å². The highest BCUT2D eigenvalue weighted by molar-refractivity contribution is 6.03. The Morgan fingerprint density at radius 1 is 1.08 bits per heavy atom. The van der Waals surface area contributed by atoms with Crippen molar-refractivity contribution in [2.45, 2.75) is 0 Å². The largest absolute Gasteiger partial charge is 0.506 e. The van der Waals surface area contributed by atoms with E-state index in [0.29, 0.717) is 0 Å². The lowest BCUT2D eigenvalue weighted by Gasteiger charge is -2.07. The Morgan fingerprint density at radius 2 is 1.79 bits per heavy atom. The Balaban J connectivity index is 2.03. The first-order valence-electron chi connectivity index (χ1n) is 7.08. The van der Waals surface area contributed by atoms with E-state index in [1.54, 1.807) is 25.3 Å². The van der Waals surface area contributed by atoms with Crippen molar-refractivity contribution in [2.24, 2.45) is 0 Å². The van der Waals surface area contributed by atoms with Gasteiger partial charge in [-0.2, -0.15) is 0 Å². The van der Waals surface area contributed by atoms with Gasteiger partial charge in [0, 0.05) is 6.08 Å². The second kappa shape index (κ2) is 7.82. The van der Waals surface area contributed by atoms with Crippen LogP contribution in [0.15, 0.2) is 48.5 Å². The number of hydrogen-bond donors (Lipinski definition) is 2. The van der Waals surface area contributed by atoms with Gasteiger partial charge >= 0.3 is 5.97 Å². The van der Waals surface area contributed by atoms with Crippen molar-refractivity contribution in [3.8, 4) is 11.5 Å². The Hall–Kier alpha value is -3.28. The zero-order chi connectivity index (χ0) is 17.5. The van der Waals surface area contributed by atoms with Crippen molar-refractivity contribution < 1.29 is 24.2 Å². The topological polar surface area (TPSA) is 84.9 Å². The molecule has 0 heterocycles. The molecule has 0 aliphatic heterocycles. The first kappa shape index (κ1) is 17.1. The molecule has 0 unspecified atom stereocenters. The third-order valence-electron chi connectivity index (χ3n) is 3.22. The fourth-order valence-corrected chi connectivity index (χ4v) is 1.94. The summed E-state index contributed by atoms with van der Waals surface area (Å²) in [6, 6.07) is 11.3. The smallest absolute Gasteiger partial charge is 0.337 e. The van der Waals surface area contributed by atoms with Crippen molar-refractivity contribution in [1.29, 1.82) is 0 Å². The van der Waals surface area contributed by atoms with E-state index >= 15 is 0 Å². The van der Waals surface area contributed by atoms with Gasteiger partial charge in [-0.15, -0.1) is 0 Å². The molecule has 1 amide bonds. The summed E-state index contributed by atoms with van der Waals surface area (Å²) >= 11 is 0. The zero-order valence-electron chi connectivity index (χ0n) is 13.3. The number of ether oxygens (including phenoxy) is 2. The molecule has 2 rings (SSSR count). The molecular weight excluding hydrogens is 310 g/mol. The van der Waals surface area contributed by atoms with E-state index in [4.69, 9.17) is 4.74 Å². The fourth-order valence-electron chi connectivity index (χ4n) is 1.94. The summed E-state index contributed by atoms with van der Waals surface area (Å²) in [5.74, 6) is -0.467. The predicted molar refractivity (Wildman–Crippen MR) is 90.1 cm³/mol. The van der Waals surface area contributed by atoms with Crippen LogP contribution in [0.3, 0.4) is 0 Å². The second-order valence-corrected chi connectivity index (χ2v) is 4.82. The first-order valence-corrected chi connectivity index (χ1v) is 7.08. The van der Waals surface area contributed by atoms with Crippen molar-refractivity contribution in [2.75, 3.05) is 19.5 Å². The summed E-state index contributed by atoms with van der Waals surface area (Å²) in [5, 5.41) is 12.4. The quantitative estimate of drug-likeness (QED) is 0.501. The molecule has 0 saturated carbocycles. The first-order chi connectivity index (χ1) is 11.5. The Bertz CT molecular complexity index is 765. The molecule has 6 heteroatoms. The third-order valence-corrected chi connectivity index (χ3v) is 3.22. The van der Waals surface area contributed by atoms with E-state index in [2.05, 4.69) is 10.1 Å². The van der Waals surface area contributed by atoms with E-state index in [0.717, 1.165) is 11.3 Å². The van der Waals surface area contributed by atoms with Gasteiger partial charge in [0.15, 0.2) is 0 Å². The van der Waals surface area contributed by atoms with Crippen molar-refractivity contribution in [1.82, 2.24) is 0 Å². The number of methoxy groups -OCH3 is 2. The number of amides is 1. The van der Waals surface area contributed by atoms with Gasteiger partial charge in [0.05, 0.1) is 25.5 Å². The minimum Gasteiger partial charge on any atom is -0.506 e. The molecule has 0 aliphatic carbocycles. The van der Waals surface area contributed by atoms with E-state index < -0.39 is 11.9 Å². The van der Waals surface area contributed by atoms with Crippen LogP contribution >= 0.6 is 0 Å². The highest BCUT2D eigenvalue weighted by Crippen LogP contribution is 2.24. The van der Waals surface area contributed by atoms with E-state index in [-0.39, 0.29) is 17.0 Å². The summed E-state index contributed by atoms with van der Waals surface area (Å²) < 4.78 is 9.62. The molecule has 0 fully saturated rings. The van der Waals surface area contributed by atoms with Crippen LogP contribution < -0.4 is 10.1 Å². The normalized spacial score (nSPS) is 10.4. The number of rotatable bonds is 5. The average Bonchev–Trinajstić information content (AvgIpc) is 2.61. The van der Waals surface area contributed by atoms with Gasteiger partial charge in [-0.1, -0.05) is 12.1 Å². The number of carbonyl (C=O) groups excluding carboxylic acids is 2. The van der Waals surface area contributed by atoms with Gasteiger partial charge in [-0.3, -0.25) is 4.79 Å². The minimum absolute atomic E-state index is 0.196. The highest BCUT2D eigenvalue weighted by atomic mass is 16.5. The average molecular weight is 327 g/mol. The molecule has 0 radical (unpaired) electrons. The van der Waals surface area contributed by atoms with Gasteiger partial charge in [0.1, 0.15) is 11.5 Å². The Kier molecular flexibility index (Phi) is 5.57. The molecule has 2 aromatic carbocycles. The predicted octanol–water partition coefficient (Wildman–Crippen LogP) is 2.84. The molecular formula is C18H17NO5. The lowest BCUT2D eigenvalue weighted by Crippen LogP contribution is -2.08. The SMILES string of the molecule is COC(=O)c1ccc(NC(=O)/C=C/c2ccc(OC)cc2)c(O)c1. The van der Waals surface area contributed by atoms with Gasteiger partial charge < -0.3 is 19.9 Å². The monoisotopic (exact) mass is 327 g/mol. The maximum Gasteiger partial charge on any atom is 0.337 e. The number of nitrogens with one attached hydrogen (secondary N) is 1. The standard InChI is InChI=1S/C18H17NO5/c1-23-14-7-3-12(4-8-14)5-10-17(21)19-15-9-6-13(11-16(15)20)18(22)24-2/h3-11,20H,1-2H3,(H,19,21)/b10-5+. The van der Waals surface area contributed by atoms with Gasteiger partial charge in [0.2, 0.25) is 5.91 Å². The third kappa shape index (κ3) is 4.36. The molecule has 0 atom stereocenters. The molecule has 124 valence electrons. The maximum absolute atomic E-state index is 11.9. The van der Waals surface area contributed by atoms with E-state index in [1.165, 1.54) is 31.4 Å². The van der Waals surface area contributed by atoms with Gasteiger partial charge in [-0.05, 0) is 42.0 Å². The number of esters is 1. The van der Waals surface area contributed by atoms with Gasteiger partial charge in [0.25, 0.3) is 0 Å². The molecule has 2 N–H and O–H groups in total. The van der Waals surface area contributed by atoms with Crippen LogP contribution in [0.2, 0.25) is 0 Å². The van der Waals surface area contributed by atoms with Crippen molar-refractivity contribution >= 4 is 23.6 Å². The fraction of sp³-hybridized carbons (Fsp3) is 0.111. The van der Waals surface area contributed by atoms with Crippen LogP contribution in [-0.2, 0) is 9.53 Å². The van der Waals surface area contributed by atoms with Crippen LogP contribution in [-0.4, -0.2) is 31.2 Å². The summed E-state index contributed by atoms with van der Waals surface area (Å²) in [5.41, 5.74) is 1.23. The molecule has 0 aromatic heterocycles. The lowest BCUT2D eigenvalue weighted by atomic mass is 10.2. The number of hydrogen-bond acceptors (Lipinski definition) is 5. The lowest BCUT2D eigenvalue weighted by molar-refractivity contribution is -0.111. The van der Waals surface area contributed by atoms with Crippen molar-refractivity contribution in [3.05, 3.63) is 59.7 Å². The Labute approximate surface area is 139 Å². The number of phenolic OH excluding ortho intramolecular Hbond substituents is 1. The highest BCUT2D eigenvalue weighted by Gasteiger charge is 2.10. The van der Waals surface area contributed by atoms with Crippen LogP contribution in [0.5, 0.6) is 11.5 Å². The van der Waals surface area contributed by atoms with Crippen LogP contribution in [0.4, 0.5) is 5.69 Å². The number of aromatic hydroxyl groups is 1. The summed E-state index contributed by atoms with van der Waals surface area (Å²) in [4.78, 5) is 23.3. The zero-order valence-corrected chi connectivity index (χ0v) is 13.3. The van der Waals surface area contributed by atoms with Crippen LogP contribution in [0.1, 0.15) is 15.9 Å².